The highest BCUT2D eigenvalue weighted by atomic mass is 16.5. The van der Waals surface area contributed by atoms with Crippen molar-refractivity contribution in [2.75, 3.05) is 26.9 Å². The van der Waals surface area contributed by atoms with E-state index < -0.39 is 0 Å². The Morgan fingerprint density at radius 3 is 2.80 bits per heavy atom. The number of rotatable bonds is 6. The minimum Gasteiger partial charge on any atom is -0.395 e. The first-order valence-corrected chi connectivity index (χ1v) is 6.16. The third-order valence-corrected chi connectivity index (χ3v) is 4.14. The van der Waals surface area contributed by atoms with Gasteiger partial charge in [-0.25, -0.2) is 0 Å². The first-order valence-electron chi connectivity index (χ1n) is 6.16. The topological polar surface area (TPSA) is 41.5 Å². The Hall–Kier alpha value is -0.120. The van der Waals surface area contributed by atoms with Gasteiger partial charge in [0.25, 0.3) is 0 Å². The molecule has 0 aromatic rings. The molecule has 0 saturated heterocycles. The highest BCUT2D eigenvalue weighted by molar-refractivity contribution is 4.91. The van der Waals surface area contributed by atoms with E-state index in [-0.39, 0.29) is 12.6 Å². The Bertz CT molecular complexity index is 198. The van der Waals surface area contributed by atoms with Gasteiger partial charge in [0.2, 0.25) is 0 Å². The first-order chi connectivity index (χ1) is 7.33. The lowest BCUT2D eigenvalue weighted by molar-refractivity contribution is 0.123. The van der Waals surface area contributed by atoms with Crippen LogP contribution in [0.25, 0.3) is 0 Å². The maximum absolute atomic E-state index is 9.12. The Balaban J connectivity index is 1.69. The average molecular weight is 213 g/mol. The number of hydrogen-bond donors (Lipinski definition) is 2. The van der Waals surface area contributed by atoms with Gasteiger partial charge in [0.15, 0.2) is 0 Å². The molecule has 0 aromatic carbocycles. The molecule has 2 aliphatic rings. The van der Waals surface area contributed by atoms with Gasteiger partial charge in [-0.15, -0.1) is 0 Å². The summed E-state index contributed by atoms with van der Waals surface area (Å²) in [5.74, 6) is 2.83. The van der Waals surface area contributed by atoms with Crippen LogP contribution in [0, 0.1) is 17.8 Å². The summed E-state index contributed by atoms with van der Waals surface area (Å²) < 4.78 is 5.05. The zero-order valence-electron chi connectivity index (χ0n) is 9.61. The number of aliphatic hydroxyl groups is 1. The molecule has 2 aliphatic carbocycles. The van der Waals surface area contributed by atoms with E-state index in [2.05, 4.69) is 5.32 Å². The van der Waals surface area contributed by atoms with Crippen molar-refractivity contribution in [2.45, 2.75) is 31.7 Å². The minimum atomic E-state index is 0.120. The van der Waals surface area contributed by atoms with Crippen molar-refractivity contribution in [2.24, 2.45) is 17.8 Å². The molecule has 4 unspecified atom stereocenters. The highest BCUT2D eigenvalue weighted by Gasteiger charge is 2.39. The van der Waals surface area contributed by atoms with Crippen LogP contribution in [0.5, 0.6) is 0 Å². The molecular formula is C12H23NO2. The van der Waals surface area contributed by atoms with E-state index >= 15 is 0 Å². The third-order valence-electron chi connectivity index (χ3n) is 4.14. The largest absolute Gasteiger partial charge is 0.395 e. The van der Waals surface area contributed by atoms with Crippen molar-refractivity contribution in [1.82, 2.24) is 5.32 Å². The quantitative estimate of drug-likeness (QED) is 0.692. The molecule has 4 atom stereocenters. The maximum Gasteiger partial charge on any atom is 0.0638 e. The molecule has 2 fully saturated rings. The standard InChI is InChI=1S/C12H23NO2/c1-15-8-12(7-14)13-6-11-5-9-2-3-10(11)4-9/h9-14H,2-8H2,1H3. The van der Waals surface area contributed by atoms with Gasteiger partial charge in [-0.2, -0.15) is 0 Å². The van der Waals surface area contributed by atoms with Crippen LogP contribution < -0.4 is 5.32 Å². The van der Waals surface area contributed by atoms with Gasteiger partial charge in [0, 0.05) is 7.11 Å². The van der Waals surface area contributed by atoms with Crippen LogP contribution in [-0.4, -0.2) is 38.0 Å². The van der Waals surface area contributed by atoms with E-state index in [9.17, 15) is 0 Å². The molecule has 0 amide bonds. The van der Waals surface area contributed by atoms with Gasteiger partial charge in [0.1, 0.15) is 0 Å². The first kappa shape index (κ1) is 11.4. The number of methoxy groups -OCH3 is 1. The van der Waals surface area contributed by atoms with Gasteiger partial charge in [-0.05, 0) is 43.6 Å². The molecule has 0 aliphatic heterocycles. The summed E-state index contributed by atoms with van der Waals surface area (Å²) >= 11 is 0. The van der Waals surface area contributed by atoms with Crippen molar-refractivity contribution in [3.8, 4) is 0 Å². The molecule has 88 valence electrons. The zero-order chi connectivity index (χ0) is 10.7. The lowest BCUT2D eigenvalue weighted by Gasteiger charge is -2.24. The highest BCUT2D eigenvalue weighted by Crippen LogP contribution is 2.47. The normalized spacial score (nSPS) is 36.0. The second-order valence-electron chi connectivity index (χ2n) is 5.18. The Morgan fingerprint density at radius 1 is 1.40 bits per heavy atom. The van der Waals surface area contributed by atoms with Crippen LogP contribution in [-0.2, 0) is 4.74 Å². The molecule has 0 spiro atoms. The Morgan fingerprint density at radius 2 is 2.27 bits per heavy atom. The average Bonchev–Trinajstić information content (AvgIpc) is 2.85. The lowest BCUT2D eigenvalue weighted by Crippen LogP contribution is -2.40. The van der Waals surface area contributed by atoms with E-state index in [1.165, 1.54) is 25.7 Å². The summed E-state index contributed by atoms with van der Waals surface area (Å²) in [4.78, 5) is 0. The van der Waals surface area contributed by atoms with Gasteiger partial charge < -0.3 is 15.2 Å². The molecule has 3 nitrogen and oxygen atoms in total. The molecule has 0 aromatic heterocycles. The molecule has 2 saturated carbocycles. The van der Waals surface area contributed by atoms with E-state index in [4.69, 9.17) is 9.84 Å². The second kappa shape index (κ2) is 5.28. The number of hydrogen-bond acceptors (Lipinski definition) is 3. The smallest absolute Gasteiger partial charge is 0.0638 e. The number of aliphatic hydroxyl groups excluding tert-OH is 1. The minimum absolute atomic E-state index is 0.120. The molecule has 0 radical (unpaired) electrons. The van der Waals surface area contributed by atoms with Crippen LogP contribution in [0.4, 0.5) is 0 Å². The van der Waals surface area contributed by atoms with Crippen LogP contribution in [0.1, 0.15) is 25.7 Å². The maximum atomic E-state index is 9.12. The number of ether oxygens (including phenoxy) is 1. The van der Waals surface area contributed by atoms with Crippen molar-refractivity contribution >= 4 is 0 Å². The summed E-state index contributed by atoms with van der Waals surface area (Å²) in [5.41, 5.74) is 0. The van der Waals surface area contributed by atoms with Gasteiger partial charge in [-0.1, -0.05) is 6.42 Å². The van der Waals surface area contributed by atoms with Crippen molar-refractivity contribution in [3.63, 3.8) is 0 Å². The van der Waals surface area contributed by atoms with Gasteiger partial charge in [-0.3, -0.25) is 0 Å². The van der Waals surface area contributed by atoms with Gasteiger partial charge >= 0.3 is 0 Å². The Labute approximate surface area is 92.2 Å². The molecule has 2 bridgehead atoms. The fraction of sp³-hybridized carbons (Fsp3) is 1.00. The summed E-state index contributed by atoms with van der Waals surface area (Å²) in [6.45, 7) is 1.85. The zero-order valence-corrected chi connectivity index (χ0v) is 9.61. The molecule has 3 heteroatoms. The SMILES string of the molecule is COCC(CO)NCC1CC2CCC1C2. The summed E-state index contributed by atoms with van der Waals surface area (Å²) in [7, 11) is 1.68. The predicted molar refractivity (Wildman–Crippen MR) is 59.7 cm³/mol. The van der Waals surface area contributed by atoms with Crippen molar-refractivity contribution in [3.05, 3.63) is 0 Å². The fourth-order valence-electron chi connectivity index (χ4n) is 3.32. The van der Waals surface area contributed by atoms with Crippen molar-refractivity contribution in [1.29, 1.82) is 0 Å². The fourth-order valence-corrected chi connectivity index (χ4v) is 3.32. The van der Waals surface area contributed by atoms with E-state index in [0.29, 0.717) is 6.61 Å². The molecule has 2 rings (SSSR count). The van der Waals surface area contributed by atoms with E-state index in [1.807, 2.05) is 0 Å². The monoisotopic (exact) mass is 213 g/mol. The summed E-state index contributed by atoms with van der Waals surface area (Å²) in [5, 5.41) is 12.5. The van der Waals surface area contributed by atoms with Crippen LogP contribution in [0.3, 0.4) is 0 Å². The number of fused-ring (bicyclic) bond motifs is 2. The van der Waals surface area contributed by atoms with Crippen LogP contribution in [0.2, 0.25) is 0 Å². The summed E-state index contributed by atoms with van der Waals surface area (Å²) in [6, 6.07) is 0.120. The Kier molecular flexibility index (Phi) is 4.00. The third kappa shape index (κ3) is 2.71. The predicted octanol–water partition coefficient (Wildman–Crippen LogP) is 1.02. The van der Waals surface area contributed by atoms with E-state index in [0.717, 1.165) is 24.3 Å². The molecule has 2 N–H and O–H groups in total. The second-order valence-corrected chi connectivity index (χ2v) is 5.18. The van der Waals surface area contributed by atoms with Crippen molar-refractivity contribution < 1.29 is 9.84 Å². The van der Waals surface area contributed by atoms with Crippen LogP contribution >= 0.6 is 0 Å². The number of nitrogens with one attached hydrogen (secondary N) is 1. The van der Waals surface area contributed by atoms with E-state index in [1.54, 1.807) is 7.11 Å². The van der Waals surface area contributed by atoms with Crippen LogP contribution in [0.15, 0.2) is 0 Å². The molecular weight excluding hydrogens is 190 g/mol. The summed E-state index contributed by atoms with van der Waals surface area (Å²) in [6.07, 6.45) is 5.76. The molecule has 0 heterocycles. The van der Waals surface area contributed by atoms with Gasteiger partial charge in [0.05, 0.1) is 19.3 Å². The lowest BCUT2D eigenvalue weighted by atomic mass is 9.89. The molecule has 15 heavy (non-hydrogen) atoms.